The number of hydrogen-bond acceptors (Lipinski definition) is 5. The number of nitrogens with one attached hydrogen (secondary N) is 1. The topological polar surface area (TPSA) is 71.5 Å². The number of hydrogen-bond donors (Lipinski definition) is 1. The summed E-state index contributed by atoms with van der Waals surface area (Å²) in [5.41, 5.74) is -0.0466. The van der Waals surface area contributed by atoms with Crippen molar-refractivity contribution < 1.29 is 40.7 Å². The van der Waals surface area contributed by atoms with E-state index in [1.54, 1.807) is 30.5 Å². The predicted octanol–water partition coefficient (Wildman–Crippen LogP) is 6.52. The van der Waals surface area contributed by atoms with Gasteiger partial charge in [-0.1, -0.05) is 18.2 Å². The minimum Gasteiger partial charge on any atom is -0.483 e. The number of alkyl halides is 6. The quantitative estimate of drug-likeness (QED) is 0.196. The highest BCUT2D eigenvalue weighted by atomic mass is 19.4. The van der Waals surface area contributed by atoms with Gasteiger partial charge in [-0.15, -0.1) is 0 Å². The molecule has 1 amide bonds. The zero-order chi connectivity index (χ0) is 28.2. The van der Waals surface area contributed by atoms with Crippen molar-refractivity contribution in [1.29, 1.82) is 0 Å². The third-order valence-electron chi connectivity index (χ3n) is 5.97. The Morgan fingerprint density at radius 3 is 2.33 bits per heavy atom. The number of benzene rings is 2. The lowest BCUT2D eigenvalue weighted by Crippen LogP contribution is -2.21. The number of halogens is 6. The van der Waals surface area contributed by atoms with E-state index < -0.39 is 48.4 Å². The predicted molar refractivity (Wildman–Crippen MR) is 132 cm³/mol. The highest BCUT2D eigenvalue weighted by Gasteiger charge is 2.36. The molecule has 1 N–H and O–H groups in total. The Balaban J connectivity index is 1.44. The Morgan fingerprint density at radius 1 is 0.923 bits per heavy atom. The number of carbonyl (C=O) groups excluding carboxylic acids is 2. The number of pyridine rings is 1. The van der Waals surface area contributed by atoms with E-state index in [4.69, 9.17) is 0 Å². The number of rotatable bonds is 8. The molecule has 0 aliphatic carbocycles. The van der Waals surface area contributed by atoms with Crippen molar-refractivity contribution in [2.75, 3.05) is 29.9 Å². The van der Waals surface area contributed by atoms with Crippen LogP contribution < -0.4 is 15.0 Å². The van der Waals surface area contributed by atoms with Crippen LogP contribution in [0.2, 0.25) is 0 Å². The summed E-state index contributed by atoms with van der Waals surface area (Å²) < 4.78 is 81.6. The van der Waals surface area contributed by atoms with E-state index in [0.29, 0.717) is 12.1 Å². The van der Waals surface area contributed by atoms with E-state index in [9.17, 15) is 35.9 Å². The van der Waals surface area contributed by atoms with Crippen LogP contribution >= 0.6 is 0 Å². The summed E-state index contributed by atoms with van der Waals surface area (Å²) in [6.07, 6.45) is -6.68. The van der Waals surface area contributed by atoms with Crippen LogP contribution in [-0.4, -0.2) is 42.5 Å². The Labute approximate surface area is 219 Å². The first-order chi connectivity index (χ1) is 18.4. The highest BCUT2D eigenvalue weighted by molar-refractivity contribution is 6.11. The molecule has 3 aromatic rings. The fourth-order valence-corrected chi connectivity index (χ4v) is 4.16. The maximum Gasteiger partial charge on any atom is 0.422 e. The van der Waals surface area contributed by atoms with Crippen molar-refractivity contribution in [1.82, 2.24) is 4.98 Å². The van der Waals surface area contributed by atoms with Crippen molar-refractivity contribution in [3.63, 3.8) is 0 Å². The van der Waals surface area contributed by atoms with Crippen LogP contribution in [0.15, 0.2) is 60.8 Å². The number of anilines is 2. The molecule has 0 spiro atoms. The lowest BCUT2D eigenvalue weighted by molar-refractivity contribution is -0.158. The molecule has 0 saturated carbocycles. The zero-order valence-electron chi connectivity index (χ0n) is 20.4. The minimum atomic E-state index is -5.04. The average Bonchev–Trinajstić information content (AvgIpc) is 3.42. The largest absolute Gasteiger partial charge is 0.483 e. The third kappa shape index (κ3) is 7.49. The number of nitrogens with zero attached hydrogens (tertiary/aromatic N) is 2. The maximum atomic E-state index is 13.4. The van der Waals surface area contributed by atoms with Gasteiger partial charge in [-0.25, -0.2) is 4.98 Å². The number of aromatic nitrogens is 1. The molecule has 206 valence electrons. The number of Topliss-reactive ketones (excluding diaryl/α,β-unsaturated/α-hetero) is 1. The van der Waals surface area contributed by atoms with Crippen LogP contribution in [0.25, 0.3) is 11.1 Å². The molecule has 12 heteroatoms. The molecule has 4 rings (SSSR count). The first-order valence-electron chi connectivity index (χ1n) is 11.9. The molecule has 1 aliphatic rings. The van der Waals surface area contributed by atoms with Gasteiger partial charge in [0.15, 0.2) is 12.4 Å². The highest BCUT2D eigenvalue weighted by Crippen LogP contribution is 2.38. The van der Waals surface area contributed by atoms with E-state index in [-0.39, 0.29) is 11.3 Å². The zero-order valence-corrected chi connectivity index (χ0v) is 20.4. The van der Waals surface area contributed by atoms with Gasteiger partial charge in [0.25, 0.3) is 0 Å². The molecule has 39 heavy (non-hydrogen) atoms. The number of carbonyl (C=O) groups is 2. The van der Waals surface area contributed by atoms with Crippen LogP contribution in [0, 0.1) is 0 Å². The van der Waals surface area contributed by atoms with Gasteiger partial charge in [0, 0.05) is 30.5 Å². The van der Waals surface area contributed by atoms with Gasteiger partial charge in [-0.2, -0.15) is 26.3 Å². The van der Waals surface area contributed by atoms with Crippen molar-refractivity contribution in [2.45, 2.75) is 31.6 Å². The van der Waals surface area contributed by atoms with E-state index >= 15 is 0 Å². The first-order valence-corrected chi connectivity index (χ1v) is 11.9. The third-order valence-corrected chi connectivity index (χ3v) is 5.97. The monoisotopic (exact) mass is 551 g/mol. The smallest absolute Gasteiger partial charge is 0.422 e. The molecule has 0 unspecified atom stereocenters. The van der Waals surface area contributed by atoms with E-state index in [0.717, 1.165) is 48.9 Å². The molecule has 1 aromatic heterocycles. The molecule has 1 aliphatic heterocycles. The van der Waals surface area contributed by atoms with Crippen LogP contribution in [0.5, 0.6) is 5.75 Å². The second-order valence-corrected chi connectivity index (χ2v) is 8.94. The van der Waals surface area contributed by atoms with E-state index in [1.165, 1.54) is 6.07 Å². The lowest BCUT2D eigenvalue weighted by Gasteiger charge is -2.17. The lowest BCUT2D eigenvalue weighted by atomic mass is 10.0. The van der Waals surface area contributed by atoms with Gasteiger partial charge >= 0.3 is 12.4 Å². The summed E-state index contributed by atoms with van der Waals surface area (Å²) >= 11 is 0. The van der Waals surface area contributed by atoms with Gasteiger partial charge in [0.2, 0.25) is 5.91 Å². The molecule has 6 nitrogen and oxygen atoms in total. The molecule has 1 saturated heterocycles. The van der Waals surface area contributed by atoms with Gasteiger partial charge in [-0.05, 0) is 60.4 Å². The summed E-state index contributed by atoms with van der Waals surface area (Å²) in [6.45, 7) is -0.0792. The second-order valence-electron chi connectivity index (χ2n) is 8.94. The molecule has 0 radical (unpaired) electrons. The van der Waals surface area contributed by atoms with Gasteiger partial charge in [0.05, 0.1) is 12.0 Å². The van der Waals surface area contributed by atoms with Crippen molar-refractivity contribution >= 4 is 23.2 Å². The fraction of sp³-hybridized carbons (Fsp3) is 0.296. The standard InChI is InChI=1S/C27H23F6N3O3/c28-26(29,30)16-39-23-7-6-20(14-21(23)27(31,32)33)35-25(38)15-22(37)19-5-3-4-17(12-19)18-8-9-34-24(13-18)36-10-1-2-11-36/h3-9,12-14H,1-2,10-11,15-16H2,(H,35,38). The van der Waals surface area contributed by atoms with E-state index in [1.807, 2.05) is 6.07 Å². The van der Waals surface area contributed by atoms with Crippen molar-refractivity contribution in [3.8, 4) is 16.9 Å². The van der Waals surface area contributed by atoms with E-state index in [2.05, 4.69) is 19.9 Å². The summed E-state index contributed by atoms with van der Waals surface area (Å²) in [5.74, 6) is -1.66. The molecule has 0 atom stereocenters. The summed E-state index contributed by atoms with van der Waals surface area (Å²) in [4.78, 5) is 31.8. The minimum absolute atomic E-state index is 0.231. The molecule has 1 fully saturated rings. The van der Waals surface area contributed by atoms with Crippen LogP contribution in [-0.2, 0) is 11.0 Å². The number of ether oxygens (including phenoxy) is 1. The van der Waals surface area contributed by atoms with Crippen LogP contribution in [0.3, 0.4) is 0 Å². The first kappa shape index (κ1) is 27.9. The number of ketones is 1. The Morgan fingerprint density at radius 2 is 1.64 bits per heavy atom. The van der Waals surface area contributed by atoms with Crippen molar-refractivity contribution in [3.05, 3.63) is 71.9 Å². The molecule has 0 bridgehead atoms. The Bertz CT molecular complexity index is 1350. The SMILES string of the molecule is O=C(CC(=O)c1cccc(-c2ccnc(N3CCCC3)c2)c1)Nc1ccc(OCC(F)(F)F)c(C(F)(F)F)c1. The summed E-state index contributed by atoms with van der Waals surface area (Å²) in [5, 5.41) is 2.19. The molecule has 2 aromatic carbocycles. The van der Waals surface area contributed by atoms with Gasteiger partial charge < -0.3 is 15.0 Å². The van der Waals surface area contributed by atoms with Gasteiger partial charge in [0.1, 0.15) is 11.6 Å². The summed E-state index contributed by atoms with van der Waals surface area (Å²) in [7, 11) is 0. The fourth-order valence-electron chi connectivity index (χ4n) is 4.16. The Hall–Kier alpha value is -4.09. The van der Waals surface area contributed by atoms with Crippen molar-refractivity contribution in [2.24, 2.45) is 0 Å². The molecular formula is C27H23F6N3O3. The second kappa shape index (κ2) is 11.3. The normalized spacial score (nSPS) is 13.8. The molecule has 2 heterocycles. The summed E-state index contributed by atoms with van der Waals surface area (Å²) in [6, 6.07) is 12.4. The molecular weight excluding hydrogens is 528 g/mol. The van der Waals surface area contributed by atoms with Gasteiger partial charge in [-0.3, -0.25) is 9.59 Å². The maximum absolute atomic E-state index is 13.4. The Kier molecular flexibility index (Phi) is 8.12. The number of amides is 1. The average molecular weight is 551 g/mol. The van der Waals surface area contributed by atoms with Crippen LogP contribution in [0.1, 0.15) is 35.2 Å². The van der Waals surface area contributed by atoms with Crippen LogP contribution in [0.4, 0.5) is 37.8 Å².